The first kappa shape index (κ1) is 31.3. The molecule has 4 heterocycles. The van der Waals surface area contributed by atoms with E-state index in [1.807, 2.05) is 55.1 Å². The average Bonchev–Trinajstić information content (AvgIpc) is 2.92. The number of hydrogen-bond acceptors (Lipinski definition) is 6. The number of nitrogens with zero attached hydrogens (tertiary/aromatic N) is 5. The highest BCUT2D eigenvalue weighted by Gasteiger charge is 2.12. The summed E-state index contributed by atoms with van der Waals surface area (Å²) >= 11 is 0. The van der Waals surface area contributed by atoms with E-state index in [2.05, 4.69) is 80.5 Å². The molecule has 1 aliphatic heterocycles. The van der Waals surface area contributed by atoms with Crippen molar-refractivity contribution in [3.05, 3.63) is 84.2 Å². The molecule has 0 aliphatic carbocycles. The van der Waals surface area contributed by atoms with Crippen LogP contribution in [0.2, 0.25) is 0 Å². The Labute approximate surface area is 219 Å². The third-order valence-corrected chi connectivity index (χ3v) is 5.80. The van der Waals surface area contributed by atoms with Crippen LogP contribution in [0.4, 0.5) is 0 Å². The van der Waals surface area contributed by atoms with Gasteiger partial charge in [0.05, 0.1) is 19.4 Å². The summed E-state index contributed by atoms with van der Waals surface area (Å²) in [6.45, 7) is 21.5. The van der Waals surface area contributed by atoms with Crippen molar-refractivity contribution in [2.75, 3.05) is 26.3 Å². The van der Waals surface area contributed by atoms with Crippen molar-refractivity contribution in [3.8, 4) is 0 Å². The second-order valence-corrected chi connectivity index (χ2v) is 9.94. The minimum Gasteiger partial charge on any atom is -0.379 e. The van der Waals surface area contributed by atoms with Gasteiger partial charge in [-0.3, -0.25) is 14.9 Å². The quantitative estimate of drug-likeness (QED) is 0.401. The van der Waals surface area contributed by atoms with Crippen LogP contribution < -0.4 is 0 Å². The van der Waals surface area contributed by atoms with Crippen LogP contribution >= 0.6 is 0 Å². The molecule has 36 heavy (non-hydrogen) atoms. The van der Waals surface area contributed by atoms with Gasteiger partial charge in [0.15, 0.2) is 0 Å². The molecule has 1 saturated heterocycles. The summed E-state index contributed by atoms with van der Waals surface area (Å²) in [6.07, 6.45) is 10.8. The van der Waals surface area contributed by atoms with Gasteiger partial charge in [-0.15, -0.1) is 0 Å². The molecule has 6 heteroatoms. The number of aromatic nitrogens is 4. The fraction of sp³-hybridized carbons (Fsp3) is 0.533. The van der Waals surface area contributed by atoms with Gasteiger partial charge >= 0.3 is 0 Å². The molecule has 0 N–H and O–H groups in total. The van der Waals surface area contributed by atoms with E-state index in [0.717, 1.165) is 26.3 Å². The largest absolute Gasteiger partial charge is 0.379 e. The molecule has 0 aromatic carbocycles. The summed E-state index contributed by atoms with van der Waals surface area (Å²) in [5.41, 5.74) is 3.94. The highest BCUT2D eigenvalue weighted by Crippen LogP contribution is 2.12. The molecule has 0 amide bonds. The summed E-state index contributed by atoms with van der Waals surface area (Å²) in [4.78, 5) is 10.3. The molecule has 4 rings (SSSR count). The summed E-state index contributed by atoms with van der Waals surface area (Å²) in [5.74, 6) is 1.79. The zero-order valence-corrected chi connectivity index (χ0v) is 23.6. The molecule has 0 radical (unpaired) electrons. The van der Waals surface area contributed by atoms with E-state index >= 15 is 0 Å². The van der Waals surface area contributed by atoms with Crippen LogP contribution in [0.1, 0.15) is 89.8 Å². The minimum atomic E-state index is 0.556. The Balaban J connectivity index is 0.000000240. The SMILES string of the molecule is CC(C)N1CCOCC1.CC(C)c1ccncc1.CC(C)c1ccncc1.CC(C)c1ccnnc1. The lowest BCUT2D eigenvalue weighted by atomic mass is 10.1. The monoisotopic (exact) mass is 493 g/mol. The third-order valence-electron chi connectivity index (χ3n) is 5.80. The Kier molecular flexibility index (Phi) is 16.1. The summed E-state index contributed by atoms with van der Waals surface area (Å²) in [6, 6.07) is 10.9. The van der Waals surface area contributed by atoms with Crippen LogP contribution in [0, 0.1) is 0 Å². The zero-order chi connectivity index (χ0) is 26.8. The number of ether oxygens (including phenoxy) is 1. The lowest BCUT2D eigenvalue weighted by Crippen LogP contribution is -2.40. The van der Waals surface area contributed by atoms with E-state index < -0.39 is 0 Å². The molecule has 0 atom stereocenters. The van der Waals surface area contributed by atoms with Crippen LogP contribution in [0.15, 0.2) is 67.5 Å². The Morgan fingerprint density at radius 1 is 0.583 bits per heavy atom. The lowest BCUT2D eigenvalue weighted by molar-refractivity contribution is 0.0238. The molecule has 0 bridgehead atoms. The third kappa shape index (κ3) is 14.0. The van der Waals surface area contributed by atoms with Gasteiger partial charge in [-0.25, -0.2) is 0 Å². The van der Waals surface area contributed by atoms with E-state index in [0.29, 0.717) is 23.8 Å². The number of hydrogen-bond donors (Lipinski definition) is 0. The maximum atomic E-state index is 5.21. The van der Waals surface area contributed by atoms with Crippen LogP contribution in [0.3, 0.4) is 0 Å². The molecule has 6 nitrogen and oxygen atoms in total. The van der Waals surface area contributed by atoms with Gasteiger partial charge in [-0.1, -0.05) is 41.5 Å². The average molecular weight is 494 g/mol. The highest BCUT2D eigenvalue weighted by atomic mass is 16.5. The second-order valence-electron chi connectivity index (χ2n) is 9.94. The molecule has 3 aromatic heterocycles. The molecule has 1 aliphatic rings. The number of pyridine rings is 2. The van der Waals surface area contributed by atoms with Gasteiger partial charge in [0.2, 0.25) is 0 Å². The van der Waals surface area contributed by atoms with Gasteiger partial charge in [0.25, 0.3) is 0 Å². The second kappa shape index (κ2) is 18.6. The predicted molar refractivity (Wildman–Crippen MR) is 150 cm³/mol. The smallest absolute Gasteiger partial charge is 0.0594 e. The Bertz CT molecular complexity index is 778. The number of morpholine rings is 1. The maximum absolute atomic E-state index is 5.21. The van der Waals surface area contributed by atoms with Crippen molar-refractivity contribution in [2.45, 2.75) is 79.2 Å². The van der Waals surface area contributed by atoms with Crippen molar-refractivity contribution in [2.24, 2.45) is 0 Å². The van der Waals surface area contributed by atoms with E-state index in [4.69, 9.17) is 4.74 Å². The van der Waals surface area contributed by atoms with Crippen molar-refractivity contribution >= 4 is 0 Å². The molecular formula is C30H47N5O. The van der Waals surface area contributed by atoms with E-state index in [-0.39, 0.29) is 0 Å². The van der Waals surface area contributed by atoms with Gasteiger partial charge in [-0.2, -0.15) is 10.2 Å². The van der Waals surface area contributed by atoms with Gasteiger partial charge < -0.3 is 4.74 Å². The molecule has 0 spiro atoms. The first-order chi connectivity index (χ1) is 17.2. The van der Waals surface area contributed by atoms with Crippen LogP contribution in [0.25, 0.3) is 0 Å². The van der Waals surface area contributed by atoms with Crippen LogP contribution in [0.5, 0.6) is 0 Å². The van der Waals surface area contributed by atoms with Gasteiger partial charge in [0.1, 0.15) is 0 Å². The Morgan fingerprint density at radius 2 is 1.00 bits per heavy atom. The molecule has 198 valence electrons. The summed E-state index contributed by atoms with van der Waals surface area (Å²) in [7, 11) is 0. The summed E-state index contributed by atoms with van der Waals surface area (Å²) < 4.78 is 5.21. The Morgan fingerprint density at radius 3 is 1.25 bits per heavy atom. The zero-order valence-electron chi connectivity index (χ0n) is 23.6. The van der Waals surface area contributed by atoms with Gasteiger partial charge in [0, 0.05) is 50.1 Å². The summed E-state index contributed by atoms with van der Waals surface area (Å²) in [5, 5.41) is 7.43. The van der Waals surface area contributed by atoms with E-state index in [1.54, 1.807) is 12.4 Å². The normalized spacial score (nSPS) is 13.3. The van der Waals surface area contributed by atoms with E-state index in [9.17, 15) is 0 Å². The molecule has 0 unspecified atom stereocenters. The standard InChI is InChI=1S/2C8H11N.C7H10N2.C7H15NO/c2*1-7(2)8-3-5-9-6-4-8;1-6(2)7-3-4-8-9-5-7;1-7(2)8-3-5-9-6-4-8/h2*3-7H,1-2H3;3-6H,1-2H3;7H,3-6H2,1-2H3. The fourth-order valence-corrected chi connectivity index (χ4v) is 3.23. The maximum Gasteiger partial charge on any atom is 0.0594 e. The predicted octanol–water partition coefficient (Wildman–Crippen LogP) is 6.74. The van der Waals surface area contributed by atoms with Crippen molar-refractivity contribution in [1.29, 1.82) is 0 Å². The molecule has 3 aromatic rings. The minimum absolute atomic E-state index is 0.556. The first-order valence-electron chi connectivity index (χ1n) is 13.1. The molecule has 1 fully saturated rings. The number of rotatable bonds is 4. The van der Waals surface area contributed by atoms with Gasteiger partial charge in [-0.05, 0) is 78.6 Å². The fourth-order valence-electron chi connectivity index (χ4n) is 3.23. The van der Waals surface area contributed by atoms with Crippen molar-refractivity contribution < 1.29 is 4.74 Å². The lowest BCUT2D eigenvalue weighted by Gasteiger charge is -2.29. The van der Waals surface area contributed by atoms with Crippen LogP contribution in [-0.4, -0.2) is 57.4 Å². The Hall–Kier alpha value is -2.70. The topological polar surface area (TPSA) is 64.0 Å². The highest BCUT2D eigenvalue weighted by molar-refractivity contribution is 5.14. The van der Waals surface area contributed by atoms with Crippen LogP contribution in [-0.2, 0) is 4.74 Å². The first-order valence-corrected chi connectivity index (χ1v) is 13.1. The molecule has 0 saturated carbocycles. The van der Waals surface area contributed by atoms with Crippen molar-refractivity contribution in [1.82, 2.24) is 25.1 Å². The van der Waals surface area contributed by atoms with E-state index in [1.165, 1.54) is 16.7 Å². The van der Waals surface area contributed by atoms with Crippen molar-refractivity contribution in [3.63, 3.8) is 0 Å². The molecular weight excluding hydrogens is 446 g/mol.